The molecule has 134 valence electrons. The second-order valence-electron chi connectivity index (χ2n) is 7.48. The van der Waals surface area contributed by atoms with Crippen LogP contribution in [-0.4, -0.2) is 41.8 Å². The molecule has 0 aliphatic carbocycles. The number of hydrogen-bond donors (Lipinski definition) is 2. The van der Waals surface area contributed by atoms with Crippen LogP contribution in [0.4, 0.5) is 4.79 Å². The van der Waals surface area contributed by atoms with Gasteiger partial charge in [0.15, 0.2) is 0 Å². The van der Waals surface area contributed by atoms with Crippen LogP contribution in [0.25, 0.3) is 0 Å². The third-order valence-corrected chi connectivity index (χ3v) is 5.59. The highest BCUT2D eigenvalue weighted by molar-refractivity contribution is 5.74. The Morgan fingerprint density at radius 2 is 2.00 bits per heavy atom. The Hall–Kier alpha value is -1.55. The SMILES string of the molecule is CCC1(CO)CCN(C(=O)NC(C)Cc2ccc(C)cc2C)CC1. The molecule has 0 spiro atoms. The Bertz CT molecular complexity index is 557. The highest BCUT2D eigenvalue weighted by Gasteiger charge is 2.34. The van der Waals surface area contributed by atoms with E-state index in [9.17, 15) is 9.90 Å². The number of carbonyl (C=O) groups is 1. The Balaban J connectivity index is 1.86. The van der Waals surface area contributed by atoms with E-state index in [-0.39, 0.29) is 24.1 Å². The van der Waals surface area contributed by atoms with Crippen LogP contribution < -0.4 is 5.32 Å². The first-order valence-corrected chi connectivity index (χ1v) is 9.11. The van der Waals surface area contributed by atoms with Gasteiger partial charge < -0.3 is 15.3 Å². The van der Waals surface area contributed by atoms with Gasteiger partial charge in [-0.25, -0.2) is 4.79 Å². The Labute approximate surface area is 146 Å². The minimum Gasteiger partial charge on any atom is -0.396 e. The van der Waals surface area contributed by atoms with Crippen molar-refractivity contribution in [3.05, 3.63) is 34.9 Å². The van der Waals surface area contributed by atoms with Gasteiger partial charge in [-0.2, -0.15) is 0 Å². The van der Waals surface area contributed by atoms with Gasteiger partial charge in [-0.3, -0.25) is 0 Å². The molecule has 2 amide bonds. The zero-order valence-corrected chi connectivity index (χ0v) is 15.6. The van der Waals surface area contributed by atoms with Gasteiger partial charge in [0.1, 0.15) is 0 Å². The summed E-state index contributed by atoms with van der Waals surface area (Å²) >= 11 is 0. The van der Waals surface area contributed by atoms with Gasteiger partial charge in [-0.15, -0.1) is 0 Å². The average Bonchev–Trinajstić information content (AvgIpc) is 2.57. The monoisotopic (exact) mass is 332 g/mol. The number of aryl methyl sites for hydroxylation is 2. The zero-order valence-electron chi connectivity index (χ0n) is 15.6. The molecule has 1 fully saturated rings. The summed E-state index contributed by atoms with van der Waals surface area (Å²) in [6.45, 7) is 10.1. The van der Waals surface area contributed by atoms with Gasteiger partial charge >= 0.3 is 6.03 Å². The van der Waals surface area contributed by atoms with E-state index in [1.54, 1.807) is 0 Å². The topological polar surface area (TPSA) is 52.6 Å². The molecule has 1 saturated heterocycles. The molecule has 0 bridgehead atoms. The van der Waals surface area contributed by atoms with Crippen molar-refractivity contribution >= 4 is 6.03 Å². The number of aliphatic hydroxyl groups excluding tert-OH is 1. The van der Waals surface area contributed by atoms with E-state index in [2.05, 4.69) is 51.2 Å². The minimum absolute atomic E-state index is 0.0153. The molecular formula is C20H32N2O2. The predicted octanol–water partition coefficient (Wildman–Crippen LogP) is 3.43. The van der Waals surface area contributed by atoms with E-state index in [0.29, 0.717) is 0 Å². The molecule has 24 heavy (non-hydrogen) atoms. The Kier molecular flexibility index (Phi) is 6.27. The summed E-state index contributed by atoms with van der Waals surface area (Å²) < 4.78 is 0. The van der Waals surface area contributed by atoms with Crippen LogP contribution in [-0.2, 0) is 6.42 Å². The summed E-state index contributed by atoms with van der Waals surface area (Å²) in [7, 11) is 0. The summed E-state index contributed by atoms with van der Waals surface area (Å²) in [5, 5.41) is 12.7. The second kappa shape index (κ2) is 8.02. The van der Waals surface area contributed by atoms with Crippen molar-refractivity contribution in [1.29, 1.82) is 0 Å². The standard InChI is InChI=1S/C20H32N2O2/c1-5-20(14-23)8-10-22(11-9-20)19(24)21-17(4)13-18-7-6-15(2)12-16(18)3/h6-7,12,17,23H,5,8-11,13-14H2,1-4H3,(H,21,24). The lowest BCUT2D eigenvalue weighted by molar-refractivity contribution is 0.0516. The lowest BCUT2D eigenvalue weighted by Gasteiger charge is -2.40. The molecule has 1 heterocycles. The van der Waals surface area contributed by atoms with Crippen LogP contribution in [0, 0.1) is 19.3 Å². The van der Waals surface area contributed by atoms with Gasteiger partial charge in [0.05, 0.1) is 0 Å². The van der Waals surface area contributed by atoms with Crippen molar-refractivity contribution in [3.63, 3.8) is 0 Å². The number of nitrogens with zero attached hydrogens (tertiary/aromatic N) is 1. The lowest BCUT2D eigenvalue weighted by Crippen LogP contribution is -2.50. The van der Waals surface area contributed by atoms with E-state index in [0.717, 1.165) is 38.8 Å². The van der Waals surface area contributed by atoms with Crippen LogP contribution in [0.1, 0.15) is 49.8 Å². The fraction of sp³-hybridized carbons (Fsp3) is 0.650. The van der Waals surface area contributed by atoms with Gasteiger partial charge in [-0.05, 0) is 63.0 Å². The molecule has 4 nitrogen and oxygen atoms in total. The molecule has 1 unspecified atom stereocenters. The summed E-state index contributed by atoms with van der Waals surface area (Å²) in [5.74, 6) is 0. The van der Waals surface area contributed by atoms with Crippen LogP contribution in [0.5, 0.6) is 0 Å². The number of benzene rings is 1. The molecule has 1 aromatic carbocycles. The number of aliphatic hydroxyl groups is 1. The average molecular weight is 332 g/mol. The molecule has 2 rings (SSSR count). The largest absolute Gasteiger partial charge is 0.396 e. The van der Waals surface area contributed by atoms with Crippen molar-refractivity contribution in [2.45, 2.75) is 59.4 Å². The van der Waals surface area contributed by atoms with E-state index >= 15 is 0 Å². The normalized spacial score (nSPS) is 18.3. The molecule has 1 aliphatic rings. The van der Waals surface area contributed by atoms with Crippen molar-refractivity contribution in [2.24, 2.45) is 5.41 Å². The maximum Gasteiger partial charge on any atom is 0.317 e. The van der Waals surface area contributed by atoms with Gasteiger partial charge in [0.2, 0.25) is 0 Å². The summed E-state index contributed by atoms with van der Waals surface area (Å²) in [6.07, 6.45) is 3.60. The fourth-order valence-electron chi connectivity index (χ4n) is 3.57. The molecule has 1 aliphatic heterocycles. The predicted molar refractivity (Wildman–Crippen MR) is 98.2 cm³/mol. The molecule has 0 radical (unpaired) electrons. The smallest absolute Gasteiger partial charge is 0.317 e. The maximum absolute atomic E-state index is 12.5. The van der Waals surface area contributed by atoms with Gasteiger partial charge in [0.25, 0.3) is 0 Å². The van der Waals surface area contributed by atoms with Crippen LogP contribution in [0.15, 0.2) is 18.2 Å². The third-order valence-electron chi connectivity index (χ3n) is 5.59. The number of urea groups is 1. The summed E-state index contributed by atoms with van der Waals surface area (Å²) in [6, 6.07) is 6.60. The van der Waals surface area contributed by atoms with Gasteiger partial charge in [0, 0.05) is 25.7 Å². The fourth-order valence-corrected chi connectivity index (χ4v) is 3.57. The first-order chi connectivity index (χ1) is 11.4. The lowest BCUT2D eigenvalue weighted by atomic mass is 9.77. The number of rotatable bonds is 5. The molecule has 2 N–H and O–H groups in total. The maximum atomic E-state index is 12.5. The number of nitrogens with one attached hydrogen (secondary N) is 1. The summed E-state index contributed by atoms with van der Waals surface area (Å²) in [4.78, 5) is 14.4. The van der Waals surface area contributed by atoms with E-state index in [1.807, 2.05) is 4.90 Å². The highest BCUT2D eigenvalue weighted by atomic mass is 16.3. The third kappa shape index (κ3) is 4.50. The molecule has 0 aromatic heterocycles. The number of piperidine rings is 1. The van der Waals surface area contributed by atoms with E-state index < -0.39 is 0 Å². The number of carbonyl (C=O) groups excluding carboxylic acids is 1. The number of likely N-dealkylation sites (tertiary alicyclic amines) is 1. The highest BCUT2D eigenvalue weighted by Crippen LogP contribution is 2.34. The Morgan fingerprint density at radius 1 is 1.33 bits per heavy atom. The number of hydrogen-bond acceptors (Lipinski definition) is 2. The first kappa shape index (κ1) is 18.8. The molecule has 0 saturated carbocycles. The van der Waals surface area contributed by atoms with Crippen molar-refractivity contribution in [2.75, 3.05) is 19.7 Å². The van der Waals surface area contributed by atoms with Gasteiger partial charge in [-0.1, -0.05) is 30.7 Å². The molecular weight excluding hydrogens is 300 g/mol. The first-order valence-electron chi connectivity index (χ1n) is 9.11. The zero-order chi connectivity index (χ0) is 17.7. The number of amides is 2. The molecule has 4 heteroatoms. The molecule has 1 atom stereocenters. The van der Waals surface area contributed by atoms with E-state index in [4.69, 9.17) is 0 Å². The van der Waals surface area contributed by atoms with Crippen molar-refractivity contribution in [1.82, 2.24) is 10.2 Å². The van der Waals surface area contributed by atoms with E-state index in [1.165, 1.54) is 16.7 Å². The van der Waals surface area contributed by atoms with Crippen molar-refractivity contribution < 1.29 is 9.90 Å². The quantitative estimate of drug-likeness (QED) is 0.868. The minimum atomic E-state index is 0.0153. The van der Waals surface area contributed by atoms with Crippen LogP contribution in [0.3, 0.4) is 0 Å². The second-order valence-corrected chi connectivity index (χ2v) is 7.48. The van der Waals surface area contributed by atoms with Crippen LogP contribution in [0.2, 0.25) is 0 Å². The molecule has 1 aromatic rings. The van der Waals surface area contributed by atoms with Crippen LogP contribution >= 0.6 is 0 Å². The Morgan fingerprint density at radius 3 is 2.54 bits per heavy atom. The van der Waals surface area contributed by atoms with Crippen molar-refractivity contribution in [3.8, 4) is 0 Å². The summed E-state index contributed by atoms with van der Waals surface area (Å²) in [5.41, 5.74) is 3.85.